The van der Waals surface area contributed by atoms with Gasteiger partial charge in [0, 0.05) is 10.8 Å². The maximum atomic E-state index is 11.8. The molecule has 108 valence electrons. The number of carboxylic acid groups (broad SMARTS) is 1. The zero-order valence-corrected chi connectivity index (χ0v) is 12.5. The minimum atomic E-state index is -1.02. The van der Waals surface area contributed by atoms with Crippen molar-refractivity contribution >= 4 is 35.2 Å². The number of carboxylic acids is 1. The lowest BCUT2D eigenvalue weighted by Crippen LogP contribution is -2.59. The molecule has 4 nitrogen and oxygen atoms in total. The van der Waals surface area contributed by atoms with Crippen molar-refractivity contribution in [3.63, 3.8) is 0 Å². The lowest BCUT2D eigenvalue weighted by Gasteiger charge is -2.38. The first-order valence-electron chi connectivity index (χ1n) is 6.38. The smallest absolute Gasteiger partial charge is 0.329 e. The Morgan fingerprint density at radius 2 is 1.95 bits per heavy atom. The van der Waals surface area contributed by atoms with E-state index in [0.717, 1.165) is 12.0 Å². The molecule has 0 saturated heterocycles. The molecule has 1 aromatic rings. The van der Waals surface area contributed by atoms with Gasteiger partial charge >= 0.3 is 5.97 Å². The predicted molar refractivity (Wildman–Crippen MR) is 80.0 cm³/mol. The summed E-state index contributed by atoms with van der Waals surface area (Å²) < 4.78 is 0. The number of thioether (sulfide) groups is 1. The van der Waals surface area contributed by atoms with E-state index < -0.39 is 11.5 Å². The van der Waals surface area contributed by atoms with Gasteiger partial charge in [0.05, 0.1) is 5.75 Å². The normalized spacial score (nSPS) is 16.2. The second-order valence-corrected chi connectivity index (χ2v) is 6.33. The summed E-state index contributed by atoms with van der Waals surface area (Å²) in [4.78, 5) is 22.9. The van der Waals surface area contributed by atoms with Crippen LogP contribution in [0.3, 0.4) is 0 Å². The van der Waals surface area contributed by atoms with Crippen molar-refractivity contribution in [1.29, 1.82) is 0 Å². The van der Waals surface area contributed by atoms with Gasteiger partial charge in [0.1, 0.15) is 5.54 Å². The maximum absolute atomic E-state index is 11.8. The van der Waals surface area contributed by atoms with E-state index in [1.54, 1.807) is 0 Å². The van der Waals surface area contributed by atoms with Crippen LogP contribution in [0.2, 0.25) is 5.02 Å². The quantitative estimate of drug-likeness (QED) is 0.847. The molecule has 0 unspecified atom stereocenters. The Bertz CT molecular complexity index is 500. The first-order valence-corrected chi connectivity index (χ1v) is 7.92. The molecule has 2 N–H and O–H groups in total. The summed E-state index contributed by atoms with van der Waals surface area (Å²) in [6.07, 6.45) is 1.90. The Hall–Kier alpha value is -1.20. The molecule has 1 aliphatic rings. The van der Waals surface area contributed by atoms with Crippen molar-refractivity contribution in [1.82, 2.24) is 5.32 Å². The Labute approximate surface area is 126 Å². The number of benzene rings is 1. The van der Waals surface area contributed by atoms with Crippen LogP contribution in [0.1, 0.15) is 24.8 Å². The Kier molecular flexibility index (Phi) is 4.94. The summed E-state index contributed by atoms with van der Waals surface area (Å²) in [6, 6.07) is 7.45. The van der Waals surface area contributed by atoms with Gasteiger partial charge in [-0.1, -0.05) is 23.7 Å². The Morgan fingerprint density at radius 1 is 1.30 bits per heavy atom. The van der Waals surface area contributed by atoms with Gasteiger partial charge in [-0.05, 0) is 37.0 Å². The topological polar surface area (TPSA) is 66.4 Å². The summed E-state index contributed by atoms with van der Waals surface area (Å²) in [7, 11) is 0. The molecule has 1 fully saturated rings. The van der Waals surface area contributed by atoms with Gasteiger partial charge in [0.15, 0.2) is 0 Å². The Balaban J connectivity index is 1.75. The van der Waals surface area contributed by atoms with E-state index in [-0.39, 0.29) is 11.7 Å². The molecule has 2 rings (SSSR count). The highest BCUT2D eigenvalue weighted by Crippen LogP contribution is 2.32. The number of carbonyl (C=O) groups is 2. The molecule has 0 atom stereocenters. The summed E-state index contributed by atoms with van der Waals surface area (Å²) >= 11 is 7.25. The van der Waals surface area contributed by atoms with Crippen LogP contribution >= 0.6 is 23.4 Å². The van der Waals surface area contributed by atoms with Crippen molar-refractivity contribution in [2.45, 2.75) is 30.6 Å². The van der Waals surface area contributed by atoms with Gasteiger partial charge in [-0.3, -0.25) is 4.79 Å². The van der Waals surface area contributed by atoms with Gasteiger partial charge in [-0.2, -0.15) is 0 Å². The second-order valence-electron chi connectivity index (χ2n) is 4.91. The summed E-state index contributed by atoms with van der Waals surface area (Å²) in [5.74, 6) is -0.187. The van der Waals surface area contributed by atoms with E-state index in [9.17, 15) is 9.59 Å². The highest BCUT2D eigenvalue weighted by molar-refractivity contribution is 7.99. The van der Waals surface area contributed by atoms with Crippen LogP contribution in [0.5, 0.6) is 0 Å². The average molecular weight is 314 g/mol. The third-order valence-electron chi connectivity index (χ3n) is 3.41. The minimum Gasteiger partial charge on any atom is -0.480 e. The number of aliphatic carboxylic acids is 1. The van der Waals surface area contributed by atoms with Gasteiger partial charge in [-0.25, -0.2) is 4.79 Å². The van der Waals surface area contributed by atoms with E-state index >= 15 is 0 Å². The molecule has 0 heterocycles. The van der Waals surface area contributed by atoms with Crippen molar-refractivity contribution in [2.24, 2.45) is 0 Å². The highest BCUT2D eigenvalue weighted by atomic mass is 35.5. The Morgan fingerprint density at radius 3 is 2.45 bits per heavy atom. The SMILES string of the molecule is O=C(CSCc1ccc(Cl)cc1)NC1(C(=O)O)CCC1. The highest BCUT2D eigenvalue weighted by Gasteiger charge is 2.45. The summed E-state index contributed by atoms with van der Waals surface area (Å²) in [6.45, 7) is 0. The van der Waals surface area contributed by atoms with Crippen molar-refractivity contribution < 1.29 is 14.7 Å². The van der Waals surface area contributed by atoms with Gasteiger partial charge in [-0.15, -0.1) is 11.8 Å². The molecule has 1 saturated carbocycles. The van der Waals surface area contributed by atoms with E-state index in [2.05, 4.69) is 5.32 Å². The van der Waals surface area contributed by atoms with Gasteiger partial charge in [0.2, 0.25) is 5.91 Å². The third kappa shape index (κ3) is 3.67. The van der Waals surface area contributed by atoms with Crippen LogP contribution in [0.25, 0.3) is 0 Å². The number of nitrogens with one attached hydrogen (secondary N) is 1. The molecule has 1 aromatic carbocycles. The zero-order valence-electron chi connectivity index (χ0n) is 10.9. The minimum absolute atomic E-state index is 0.217. The fraction of sp³-hybridized carbons (Fsp3) is 0.429. The van der Waals surface area contributed by atoms with Gasteiger partial charge < -0.3 is 10.4 Å². The lowest BCUT2D eigenvalue weighted by atomic mass is 9.77. The zero-order chi connectivity index (χ0) is 14.6. The molecule has 0 radical (unpaired) electrons. The van der Waals surface area contributed by atoms with Crippen LogP contribution < -0.4 is 5.32 Å². The lowest BCUT2D eigenvalue weighted by molar-refractivity contribution is -0.151. The molecule has 0 aliphatic heterocycles. The van der Waals surface area contributed by atoms with E-state index in [1.165, 1.54) is 11.8 Å². The number of carbonyl (C=O) groups excluding carboxylic acids is 1. The van der Waals surface area contributed by atoms with Crippen LogP contribution in [0.15, 0.2) is 24.3 Å². The number of halogens is 1. The fourth-order valence-corrected chi connectivity index (χ4v) is 2.98. The molecular weight excluding hydrogens is 298 g/mol. The molecular formula is C14H16ClNO3S. The molecule has 0 bridgehead atoms. The van der Waals surface area contributed by atoms with Crippen LogP contribution in [0.4, 0.5) is 0 Å². The molecule has 6 heteroatoms. The molecule has 1 aliphatic carbocycles. The van der Waals surface area contributed by atoms with E-state index in [0.29, 0.717) is 23.6 Å². The largest absolute Gasteiger partial charge is 0.480 e. The molecule has 0 aromatic heterocycles. The number of rotatable bonds is 6. The molecule has 20 heavy (non-hydrogen) atoms. The average Bonchev–Trinajstić information content (AvgIpc) is 2.36. The number of hydrogen-bond acceptors (Lipinski definition) is 3. The molecule has 1 amide bonds. The van der Waals surface area contributed by atoms with Crippen LogP contribution in [-0.2, 0) is 15.3 Å². The summed E-state index contributed by atoms with van der Waals surface area (Å²) in [5, 5.41) is 12.5. The summed E-state index contributed by atoms with van der Waals surface area (Å²) in [5.41, 5.74) is 0.0709. The van der Waals surface area contributed by atoms with Crippen LogP contribution in [-0.4, -0.2) is 28.3 Å². The second kappa shape index (κ2) is 6.50. The van der Waals surface area contributed by atoms with Crippen molar-refractivity contribution in [3.05, 3.63) is 34.9 Å². The number of amides is 1. The standard InChI is InChI=1S/C14H16ClNO3S/c15-11-4-2-10(3-5-11)8-20-9-12(17)16-14(13(18)19)6-1-7-14/h2-5H,1,6-9H2,(H,16,17)(H,18,19). The van der Waals surface area contributed by atoms with Crippen LogP contribution in [0, 0.1) is 0 Å². The fourth-order valence-electron chi connectivity index (χ4n) is 2.07. The predicted octanol–water partition coefficient (Wildman–Crippen LogP) is 2.70. The van der Waals surface area contributed by atoms with E-state index in [4.69, 9.17) is 16.7 Å². The number of hydrogen-bond donors (Lipinski definition) is 2. The van der Waals surface area contributed by atoms with Crippen molar-refractivity contribution in [3.8, 4) is 0 Å². The van der Waals surface area contributed by atoms with E-state index in [1.807, 2.05) is 24.3 Å². The molecule has 0 spiro atoms. The monoisotopic (exact) mass is 313 g/mol. The van der Waals surface area contributed by atoms with Crippen molar-refractivity contribution in [2.75, 3.05) is 5.75 Å². The first-order chi connectivity index (χ1) is 9.52. The third-order valence-corrected chi connectivity index (χ3v) is 4.67. The maximum Gasteiger partial charge on any atom is 0.329 e. The first kappa shape index (κ1) is 15.2. The van der Waals surface area contributed by atoms with Gasteiger partial charge in [0.25, 0.3) is 0 Å².